The number of alkyl halides is 2. The van der Waals surface area contributed by atoms with Crippen molar-refractivity contribution in [2.75, 3.05) is 13.1 Å². The van der Waals surface area contributed by atoms with E-state index in [0.29, 0.717) is 12.0 Å². The van der Waals surface area contributed by atoms with Gasteiger partial charge in [-0.3, -0.25) is 0 Å². The fourth-order valence-corrected chi connectivity index (χ4v) is 5.02. The van der Waals surface area contributed by atoms with E-state index >= 15 is 0 Å². The van der Waals surface area contributed by atoms with Crippen molar-refractivity contribution >= 4 is 23.2 Å². The van der Waals surface area contributed by atoms with Crippen LogP contribution >= 0.6 is 23.2 Å². The van der Waals surface area contributed by atoms with Crippen molar-refractivity contribution in [2.45, 2.75) is 75.6 Å². The van der Waals surface area contributed by atoms with Crippen molar-refractivity contribution in [2.24, 2.45) is 0 Å². The van der Waals surface area contributed by atoms with E-state index in [-0.39, 0.29) is 10.8 Å². The smallest absolute Gasteiger partial charge is 0.0587 e. The van der Waals surface area contributed by atoms with Crippen LogP contribution in [0.4, 0.5) is 0 Å². The lowest BCUT2D eigenvalue weighted by Crippen LogP contribution is -2.37. The van der Waals surface area contributed by atoms with Crippen molar-refractivity contribution < 1.29 is 0 Å². The van der Waals surface area contributed by atoms with Gasteiger partial charge >= 0.3 is 0 Å². The van der Waals surface area contributed by atoms with Crippen LogP contribution in [0.25, 0.3) is 0 Å². The molecule has 0 N–H and O–H groups in total. The Labute approximate surface area is 199 Å². The molecule has 4 unspecified atom stereocenters. The van der Waals surface area contributed by atoms with Gasteiger partial charge in [-0.2, -0.15) is 5.26 Å². The predicted octanol–water partition coefficient (Wildman–Crippen LogP) is 7.19. The summed E-state index contributed by atoms with van der Waals surface area (Å²) in [5.41, 5.74) is 4.19. The summed E-state index contributed by atoms with van der Waals surface area (Å²) in [6.07, 6.45) is 5.67. The molecule has 2 aromatic rings. The molecule has 1 fully saturated rings. The topological polar surface area (TPSA) is 27.0 Å². The summed E-state index contributed by atoms with van der Waals surface area (Å²) in [5, 5.41) is 7.53. The molecule has 0 aliphatic heterocycles. The van der Waals surface area contributed by atoms with Gasteiger partial charge in [-0.15, -0.1) is 23.2 Å². The number of likely N-dealkylation sites (N-methyl/N-ethyl adjacent to an activating group) is 1. The fraction of sp³-hybridized carbons (Fsp3) is 0.519. The molecule has 2 nitrogen and oxygen atoms in total. The van der Waals surface area contributed by atoms with E-state index in [0.717, 1.165) is 32.4 Å². The molecule has 0 saturated heterocycles. The lowest BCUT2D eigenvalue weighted by Gasteiger charge is -2.37. The Balaban J connectivity index is 0.00000107. The van der Waals surface area contributed by atoms with Crippen molar-refractivity contribution in [3.05, 3.63) is 71.3 Å². The molecule has 0 radical (unpaired) electrons. The maximum atomic E-state index is 7.32. The van der Waals surface area contributed by atoms with Crippen LogP contribution in [-0.2, 0) is 12.8 Å². The van der Waals surface area contributed by atoms with Gasteiger partial charge < -0.3 is 4.90 Å². The highest BCUT2D eigenvalue weighted by Gasteiger charge is 2.39. The zero-order chi connectivity index (χ0) is 22.6. The predicted molar refractivity (Wildman–Crippen MR) is 134 cm³/mol. The second-order valence-corrected chi connectivity index (χ2v) is 9.30. The SMILES string of the molecule is CC#N.CCC(CCc1ccc(C2CC(Cl)C2Cl)cc1)N(CC)CCc1ccccc1. The van der Waals surface area contributed by atoms with Crippen LogP contribution in [-0.4, -0.2) is 34.8 Å². The summed E-state index contributed by atoms with van der Waals surface area (Å²) >= 11 is 12.5. The molecule has 1 aliphatic rings. The Morgan fingerprint density at radius 2 is 1.61 bits per heavy atom. The summed E-state index contributed by atoms with van der Waals surface area (Å²) in [5.74, 6) is 0.426. The van der Waals surface area contributed by atoms with Gasteiger partial charge in [0.05, 0.1) is 16.8 Å². The summed E-state index contributed by atoms with van der Waals surface area (Å²) < 4.78 is 0. The molecule has 4 atom stereocenters. The number of rotatable bonds is 10. The van der Waals surface area contributed by atoms with Gasteiger partial charge in [-0.25, -0.2) is 0 Å². The average molecular weight is 460 g/mol. The van der Waals surface area contributed by atoms with Gasteiger partial charge in [0, 0.05) is 25.4 Å². The summed E-state index contributed by atoms with van der Waals surface area (Å²) in [6.45, 7) is 8.28. The molecule has 0 spiro atoms. The van der Waals surface area contributed by atoms with Crippen molar-refractivity contribution in [3.63, 3.8) is 0 Å². The van der Waals surface area contributed by atoms with Gasteiger partial charge in [-0.05, 0) is 55.3 Å². The van der Waals surface area contributed by atoms with E-state index < -0.39 is 0 Å². The largest absolute Gasteiger partial charge is 0.300 e. The zero-order valence-corrected chi connectivity index (χ0v) is 20.6. The molecule has 1 saturated carbocycles. The van der Waals surface area contributed by atoms with E-state index in [1.54, 1.807) is 6.07 Å². The molecule has 4 heteroatoms. The Hall–Kier alpha value is -1.53. The second-order valence-electron chi connectivity index (χ2n) is 8.23. The van der Waals surface area contributed by atoms with Crippen molar-refractivity contribution in [3.8, 4) is 6.07 Å². The van der Waals surface area contributed by atoms with E-state index in [9.17, 15) is 0 Å². The maximum Gasteiger partial charge on any atom is 0.0587 e. The number of halogens is 2. The van der Waals surface area contributed by atoms with E-state index in [1.807, 2.05) is 0 Å². The number of nitrogens with zero attached hydrogens (tertiary/aromatic N) is 2. The minimum absolute atomic E-state index is 0.0831. The number of nitriles is 1. The first-order valence-corrected chi connectivity index (χ1v) is 12.4. The number of aryl methyl sites for hydroxylation is 1. The van der Waals surface area contributed by atoms with E-state index in [4.69, 9.17) is 28.5 Å². The quantitative estimate of drug-likeness (QED) is 0.352. The summed E-state index contributed by atoms with van der Waals surface area (Å²) in [4.78, 5) is 2.65. The van der Waals surface area contributed by atoms with Crippen molar-refractivity contribution in [1.82, 2.24) is 4.90 Å². The molecule has 3 rings (SSSR count). The first-order valence-electron chi connectivity index (χ1n) is 11.5. The normalized spacial score (nSPS) is 20.9. The zero-order valence-electron chi connectivity index (χ0n) is 19.1. The molecule has 0 aromatic heterocycles. The highest BCUT2D eigenvalue weighted by molar-refractivity contribution is 6.31. The molecule has 0 amide bonds. The molecule has 31 heavy (non-hydrogen) atoms. The summed E-state index contributed by atoms with van der Waals surface area (Å²) in [7, 11) is 0. The molecule has 1 aliphatic carbocycles. The van der Waals surface area contributed by atoms with Crippen LogP contribution in [0.1, 0.15) is 62.6 Å². The monoisotopic (exact) mass is 458 g/mol. The molecule has 2 aromatic carbocycles. The van der Waals surface area contributed by atoms with Gasteiger partial charge in [0.25, 0.3) is 0 Å². The Morgan fingerprint density at radius 1 is 1.00 bits per heavy atom. The average Bonchev–Trinajstić information content (AvgIpc) is 2.81. The molecule has 0 heterocycles. The Morgan fingerprint density at radius 3 is 2.13 bits per heavy atom. The van der Waals surface area contributed by atoms with Crippen molar-refractivity contribution in [1.29, 1.82) is 5.26 Å². The number of hydrogen-bond donors (Lipinski definition) is 0. The highest BCUT2D eigenvalue weighted by atomic mass is 35.5. The second kappa shape index (κ2) is 13.8. The Kier molecular flexibility index (Phi) is 11.4. The number of hydrogen-bond acceptors (Lipinski definition) is 2. The third-order valence-corrected chi connectivity index (χ3v) is 7.49. The summed E-state index contributed by atoms with van der Waals surface area (Å²) in [6, 6.07) is 22.3. The van der Waals surface area contributed by atoms with Crippen LogP contribution in [0.15, 0.2) is 54.6 Å². The lowest BCUT2D eigenvalue weighted by molar-refractivity contribution is 0.193. The van der Waals surface area contributed by atoms with Crippen LogP contribution in [0.2, 0.25) is 0 Å². The minimum Gasteiger partial charge on any atom is -0.300 e. The van der Waals surface area contributed by atoms with Crippen LogP contribution < -0.4 is 0 Å². The third-order valence-electron chi connectivity index (χ3n) is 6.31. The molecular formula is C27H36Cl2N2. The van der Waals surface area contributed by atoms with E-state index in [2.05, 4.69) is 73.3 Å². The highest BCUT2D eigenvalue weighted by Crippen LogP contribution is 2.44. The third kappa shape index (κ3) is 7.83. The minimum atomic E-state index is 0.0831. The number of benzene rings is 2. The fourth-order valence-electron chi connectivity index (χ4n) is 4.30. The molecule has 0 bridgehead atoms. The van der Waals surface area contributed by atoms with Crippen LogP contribution in [0.5, 0.6) is 0 Å². The van der Waals surface area contributed by atoms with Crippen LogP contribution in [0, 0.1) is 11.3 Å². The van der Waals surface area contributed by atoms with Gasteiger partial charge in [-0.1, -0.05) is 68.4 Å². The maximum absolute atomic E-state index is 7.32. The van der Waals surface area contributed by atoms with Gasteiger partial charge in [0.15, 0.2) is 0 Å². The van der Waals surface area contributed by atoms with E-state index in [1.165, 1.54) is 36.5 Å². The standard InChI is InChI=1S/C25H33Cl2N.C2H3N/c1-3-22(28(4-2)17-16-19-8-6-5-7-9-19)15-12-20-10-13-21(14-11-20)23-18-24(26)25(23)27;1-2-3/h5-11,13-14,22-25H,3-4,12,15-18H2,1-2H3;1H3. The molecular weight excluding hydrogens is 423 g/mol. The lowest BCUT2D eigenvalue weighted by atomic mass is 9.78. The van der Waals surface area contributed by atoms with Gasteiger partial charge in [0.1, 0.15) is 0 Å². The Bertz CT molecular complexity index is 785. The molecule has 168 valence electrons. The first kappa shape index (κ1) is 25.7. The van der Waals surface area contributed by atoms with Gasteiger partial charge in [0.2, 0.25) is 0 Å². The first-order chi connectivity index (χ1) is 15.0. The van der Waals surface area contributed by atoms with Crippen LogP contribution in [0.3, 0.4) is 0 Å².